The highest BCUT2D eigenvalue weighted by Crippen LogP contribution is 2.39. The van der Waals surface area contributed by atoms with E-state index in [1.165, 1.54) is 54.8 Å². The monoisotopic (exact) mass is 790 g/mol. The second kappa shape index (κ2) is 14.7. The van der Waals surface area contributed by atoms with E-state index in [9.17, 15) is 0 Å². The van der Waals surface area contributed by atoms with Crippen LogP contribution in [-0.2, 0) is 0 Å². The molecule has 0 saturated carbocycles. The minimum absolute atomic E-state index is 0.706. The highest BCUT2D eigenvalue weighted by molar-refractivity contribution is 6.12. The average Bonchev–Trinajstić information content (AvgIpc) is 3.87. The van der Waals surface area contributed by atoms with Crippen molar-refractivity contribution in [1.29, 1.82) is 0 Å². The van der Waals surface area contributed by atoms with Gasteiger partial charge in [-0.25, -0.2) is 9.97 Å². The Morgan fingerprint density at radius 1 is 0.242 bits per heavy atom. The Morgan fingerprint density at radius 3 is 1.27 bits per heavy atom. The molecule has 3 aromatic heterocycles. The summed E-state index contributed by atoms with van der Waals surface area (Å²) < 4.78 is 4.77. The smallest absolute Gasteiger partial charge is 0.160 e. The van der Waals surface area contributed by atoms with Gasteiger partial charge in [-0.3, -0.25) is 0 Å². The zero-order valence-corrected chi connectivity index (χ0v) is 33.7. The van der Waals surface area contributed by atoms with Crippen molar-refractivity contribution in [2.24, 2.45) is 0 Å². The van der Waals surface area contributed by atoms with Gasteiger partial charge in [0.15, 0.2) is 5.82 Å². The van der Waals surface area contributed by atoms with Gasteiger partial charge in [-0.2, -0.15) is 0 Å². The van der Waals surface area contributed by atoms with Gasteiger partial charge in [0.1, 0.15) is 0 Å². The van der Waals surface area contributed by atoms with Crippen molar-refractivity contribution >= 4 is 43.6 Å². The molecule has 0 saturated heterocycles. The zero-order chi connectivity index (χ0) is 41.0. The topological polar surface area (TPSA) is 35.6 Å². The predicted molar refractivity (Wildman–Crippen MR) is 258 cm³/mol. The van der Waals surface area contributed by atoms with Gasteiger partial charge >= 0.3 is 0 Å². The van der Waals surface area contributed by atoms with E-state index in [4.69, 9.17) is 9.97 Å². The van der Waals surface area contributed by atoms with Gasteiger partial charge in [0.05, 0.1) is 33.5 Å². The van der Waals surface area contributed by atoms with Crippen LogP contribution in [0.2, 0.25) is 0 Å². The number of benzene rings is 9. The molecule has 0 fully saturated rings. The van der Waals surface area contributed by atoms with Crippen LogP contribution in [0.3, 0.4) is 0 Å². The van der Waals surface area contributed by atoms with Gasteiger partial charge in [-0.1, -0.05) is 164 Å². The van der Waals surface area contributed by atoms with Crippen LogP contribution < -0.4 is 0 Å². The molecule has 0 radical (unpaired) electrons. The van der Waals surface area contributed by atoms with Crippen LogP contribution in [0.15, 0.2) is 231 Å². The lowest BCUT2D eigenvalue weighted by atomic mass is 10.0. The Labute approximate surface area is 359 Å². The Hall–Kier alpha value is -8.34. The average molecular weight is 791 g/mol. The number of nitrogens with zero attached hydrogens (tertiary/aromatic N) is 4. The van der Waals surface area contributed by atoms with Crippen molar-refractivity contribution in [2.75, 3.05) is 0 Å². The Balaban J connectivity index is 0.958. The molecule has 12 aromatic rings. The van der Waals surface area contributed by atoms with Crippen LogP contribution in [0.4, 0.5) is 0 Å². The second-order valence-electron chi connectivity index (χ2n) is 15.8. The first-order valence-electron chi connectivity index (χ1n) is 21.1. The van der Waals surface area contributed by atoms with E-state index in [1.807, 2.05) is 24.3 Å². The van der Waals surface area contributed by atoms with E-state index >= 15 is 0 Å². The van der Waals surface area contributed by atoms with Crippen LogP contribution in [0.5, 0.6) is 0 Å². The van der Waals surface area contributed by atoms with Crippen molar-refractivity contribution in [1.82, 2.24) is 19.1 Å². The second-order valence-corrected chi connectivity index (χ2v) is 15.8. The highest BCUT2D eigenvalue weighted by atomic mass is 15.0. The van der Waals surface area contributed by atoms with E-state index in [1.54, 1.807) is 0 Å². The van der Waals surface area contributed by atoms with Crippen LogP contribution >= 0.6 is 0 Å². The standard InChI is InChI=1S/C58H38N4/c1-4-15-39(16-5-1)40-27-31-46(32-28-40)61-54-25-12-10-23-48(54)50-36-43(29-33-56(50)61)44-30-34-57-51(37-44)49-24-11-13-26-55(49)62(57)47-22-14-21-45(35-47)53-38-52(41-17-6-2-7-18-41)59-58(60-53)42-19-8-3-9-20-42/h1-38H. The fraction of sp³-hybridized carbons (Fsp3) is 0. The van der Waals surface area contributed by atoms with E-state index in [-0.39, 0.29) is 0 Å². The highest BCUT2D eigenvalue weighted by Gasteiger charge is 2.18. The maximum atomic E-state index is 5.14. The summed E-state index contributed by atoms with van der Waals surface area (Å²) in [4.78, 5) is 10.2. The van der Waals surface area contributed by atoms with Gasteiger partial charge in [-0.15, -0.1) is 0 Å². The van der Waals surface area contributed by atoms with Gasteiger partial charge < -0.3 is 9.13 Å². The van der Waals surface area contributed by atoms with E-state index in [0.717, 1.165) is 50.5 Å². The molecule has 3 heterocycles. The maximum Gasteiger partial charge on any atom is 0.160 e. The van der Waals surface area contributed by atoms with Crippen molar-refractivity contribution in [2.45, 2.75) is 0 Å². The third-order valence-electron chi connectivity index (χ3n) is 12.1. The summed E-state index contributed by atoms with van der Waals surface area (Å²) in [5.41, 5.74) is 16.6. The summed E-state index contributed by atoms with van der Waals surface area (Å²) in [6.07, 6.45) is 0. The van der Waals surface area contributed by atoms with Gasteiger partial charge in [-0.05, 0) is 89.0 Å². The first kappa shape index (κ1) is 35.6. The molecule has 0 unspecified atom stereocenters. The largest absolute Gasteiger partial charge is 0.309 e. The molecular weight excluding hydrogens is 753 g/mol. The Kier molecular flexibility index (Phi) is 8.46. The SMILES string of the molecule is c1ccc(-c2ccc(-n3c4ccccc4c4cc(-c5ccc6c(c5)c5ccccc5n6-c5cccc(-c6cc(-c7ccccc7)nc(-c7ccccc7)n6)c5)ccc43)cc2)cc1. The molecule has 290 valence electrons. The minimum Gasteiger partial charge on any atom is -0.309 e. The summed E-state index contributed by atoms with van der Waals surface area (Å²) in [5, 5.41) is 4.90. The first-order valence-corrected chi connectivity index (χ1v) is 21.1. The lowest BCUT2D eigenvalue weighted by Gasteiger charge is -2.12. The van der Waals surface area contributed by atoms with Crippen LogP contribution in [0.1, 0.15) is 0 Å². The molecule has 0 N–H and O–H groups in total. The molecule has 4 nitrogen and oxygen atoms in total. The van der Waals surface area contributed by atoms with Crippen molar-refractivity contribution in [3.8, 4) is 67.5 Å². The predicted octanol–water partition coefficient (Wildman–Crippen LogP) is 15.0. The van der Waals surface area contributed by atoms with Crippen LogP contribution in [0, 0.1) is 0 Å². The molecule has 0 aliphatic carbocycles. The molecule has 0 spiro atoms. The summed E-state index contributed by atoms with van der Waals surface area (Å²) >= 11 is 0. The normalized spacial score (nSPS) is 11.5. The van der Waals surface area contributed by atoms with Gasteiger partial charge in [0.25, 0.3) is 0 Å². The third kappa shape index (κ3) is 6.08. The van der Waals surface area contributed by atoms with Crippen LogP contribution in [-0.4, -0.2) is 19.1 Å². The lowest BCUT2D eigenvalue weighted by Crippen LogP contribution is -1.97. The van der Waals surface area contributed by atoms with Crippen molar-refractivity contribution in [3.05, 3.63) is 231 Å². The van der Waals surface area contributed by atoms with Crippen molar-refractivity contribution in [3.63, 3.8) is 0 Å². The van der Waals surface area contributed by atoms with E-state index in [2.05, 4.69) is 215 Å². The summed E-state index contributed by atoms with van der Waals surface area (Å²) in [5.74, 6) is 0.706. The summed E-state index contributed by atoms with van der Waals surface area (Å²) in [7, 11) is 0. The molecule has 12 rings (SSSR count). The molecule has 0 aliphatic rings. The quantitative estimate of drug-likeness (QED) is 0.161. The third-order valence-corrected chi connectivity index (χ3v) is 12.1. The number of rotatable bonds is 7. The molecular formula is C58H38N4. The fourth-order valence-electron chi connectivity index (χ4n) is 9.17. The molecule has 0 atom stereocenters. The van der Waals surface area contributed by atoms with Crippen molar-refractivity contribution < 1.29 is 0 Å². The lowest BCUT2D eigenvalue weighted by molar-refractivity contribution is 1.16. The fourth-order valence-corrected chi connectivity index (χ4v) is 9.17. The van der Waals surface area contributed by atoms with E-state index in [0.29, 0.717) is 5.82 Å². The number of fused-ring (bicyclic) bond motifs is 6. The molecule has 0 aliphatic heterocycles. The number of hydrogen-bond acceptors (Lipinski definition) is 2. The Bertz CT molecular complexity index is 3550. The molecule has 4 heteroatoms. The summed E-state index contributed by atoms with van der Waals surface area (Å²) in [6.45, 7) is 0. The van der Waals surface area contributed by atoms with Gasteiger partial charge in [0.2, 0.25) is 0 Å². The molecule has 9 aromatic carbocycles. The number of para-hydroxylation sites is 2. The van der Waals surface area contributed by atoms with E-state index < -0.39 is 0 Å². The molecule has 0 amide bonds. The molecule has 62 heavy (non-hydrogen) atoms. The first-order chi connectivity index (χ1) is 30.7. The summed E-state index contributed by atoms with van der Waals surface area (Å²) in [6, 6.07) is 82.2. The minimum atomic E-state index is 0.706. The van der Waals surface area contributed by atoms with Crippen LogP contribution in [0.25, 0.3) is 111 Å². The number of aromatic nitrogens is 4. The zero-order valence-electron chi connectivity index (χ0n) is 33.7. The number of hydrogen-bond donors (Lipinski definition) is 0. The van der Waals surface area contributed by atoms with Gasteiger partial charge in [0, 0.05) is 49.6 Å². The Morgan fingerprint density at radius 2 is 0.677 bits per heavy atom. The molecule has 0 bridgehead atoms. The maximum absolute atomic E-state index is 5.14.